The van der Waals surface area contributed by atoms with Gasteiger partial charge in [-0.05, 0) is 32.2 Å². The van der Waals surface area contributed by atoms with Crippen LogP contribution >= 0.6 is 22.9 Å². The number of halogens is 1. The van der Waals surface area contributed by atoms with E-state index in [9.17, 15) is 9.59 Å². The van der Waals surface area contributed by atoms with E-state index < -0.39 is 23.7 Å². The van der Waals surface area contributed by atoms with E-state index in [4.69, 9.17) is 21.4 Å². The summed E-state index contributed by atoms with van der Waals surface area (Å²) in [5, 5.41) is 13.2. The summed E-state index contributed by atoms with van der Waals surface area (Å²) in [5.74, 6) is -1.02. The van der Waals surface area contributed by atoms with Crippen molar-refractivity contribution < 1.29 is 19.4 Å². The standard InChI is InChI=1S/C12H16ClNO4S/c1-12(2,3)18-11(17)14-8(6-9(15)16)7-4-5-19-10(7)13/h4-5,8H,6H2,1-3H3,(H,14,17)(H,15,16). The molecular formula is C12H16ClNO4S. The van der Waals surface area contributed by atoms with E-state index in [2.05, 4.69) is 5.32 Å². The molecule has 1 amide bonds. The second-order valence-electron chi connectivity index (χ2n) is 4.95. The minimum atomic E-state index is -1.02. The number of carboxylic acid groups (broad SMARTS) is 1. The van der Waals surface area contributed by atoms with Crippen molar-refractivity contribution in [3.05, 3.63) is 21.3 Å². The van der Waals surface area contributed by atoms with Gasteiger partial charge in [0.05, 0.1) is 16.8 Å². The quantitative estimate of drug-likeness (QED) is 0.893. The van der Waals surface area contributed by atoms with E-state index in [-0.39, 0.29) is 6.42 Å². The first kappa shape index (κ1) is 15.8. The lowest BCUT2D eigenvalue weighted by atomic mass is 10.1. The van der Waals surface area contributed by atoms with Gasteiger partial charge in [-0.1, -0.05) is 11.6 Å². The second-order valence-corrected chi connectivity index (χ2v) is 6.46. The van der Waals surface area contributed by atoms with Gasteiger partial charge in [-0.2, -0.15) is 0 Å². The fourth-order valence-electron chi connectivity index (χ4n) is 1.42. The largest absolute Gasteiger partial charge is 0.481 e. The van der Waals surface area contributed by atoms with Gasteiger partial charge in [0.2, 0.25) is 0 Å². The van der Waals surface area contributed by atoms with Crippen molar-refractivity contribution in [3.63, 3.8) is 0 Å². The maximum absolute atomic E-state index is 11.7. The first-order chi connectivity index (χ1) is 8.69. The Morgan fingerprint density at radius 3 is 2.58 bits per heavy atom. The fourth-order valence-corrected chi connectivity index (χ4v) is 2.45. The number of aliphatic carboxylic acids is 1. The van der Waals surface area contributed by atoms with Gasteiger partial charge in [0.15, 0.2) is 0 Å². The maximum atomic E-state index is 11.7. The number of thiophene rings is 1. The molecule has 1 rings (SSSR count). The minimum Gasteiger partial charge on any atom is -0.481 e. The van der Waals surface area contributed by atoms with E-state index in [0.717, 1.165) is 0 Å². The summed E-state index contributed by atoms with van der Waals surface area (Å²) in [6, 6.07) is 0.990. The lowest BCUT2D eigenvalue weighted by molar-refractivity contribution is -0.137. The molecule has 0 radical (unpaired) electrons. The number of carboxylic acids is 1. The van der Waals surface area contributed by atoms with Gasteiger partial charge in [-0.15, -0.1) is 11.3 Å². The van der Waals surface area contributed by atoms with Crippen LogP contribution in [0.2, 0.25) is 4.34 Å². The smallest absolute Gasteiger partial charge is 0.408 e. The van der Waals surface area contributed by atoms with Crippen LogP contribution in [0.1, 0.15) is 38.8 Å². The van der Waals surface area contributed by atoms with E-state index in [1.165, 1.54) is 11.3 Å². The molecule has 7 heteroatoms. The topological polar surface area (TPSA) is 75.6 Å². The van der Waals surface area contributed by atoms with Crippen molar-refractivity contribution in [2.45, 2.75) is 38.8 Å². The lowest BCUT2D eigenvalue weighted by Crippen LogP contribution is -2.35. The van der Waals surface area contributed by atoms with Crippen molar-refractivity contribution in [2.75, 3.05) is 0 Å². The highest BCUT2D eigenvalue weighted by atomic mass is 35.5. The molecule has 0 aliphatic carbocycles. The van der Waals surface area contributed by atoms with E-state index in [0.29, 0.717) is 9.90 Å². The summed E-state index contributed by atoms with van der Waals surface area (Å²) in [6.07, 6.45) is -0.920. The Morgan fingerprint density at radius 2 is 2.16 bits per heavy atom. The van der Waals surface area contributed by atoms with Gasteiger partial charge in [0.1, 0.15) is 5.60 Å². The van der Waals surface area contributed by atoms with E-state index in [1.807, 2.05) is 0 Å². The molecule has 1 unspecified atom stereocenters. The maximum Gasteiger partial charge on any atom is 0.408 e. The molecule has 1 aromatic heterocycles. The number of alkyl carbamates (subject to hydrolysis) is 1. The zero-order valence-electron chi connectivity index (χ0n) is 10.9. The number of rotatable bonds is 4. The van der Waals surface area contributed by atoms with Gasteiger partial charge in [0, 0.05) is 5.56 Å². The number of carbonyl (C=O) groups excluding carboxylic acids is 1. The molecule has 0 saturated carbocycles. The summed E-state index contributed by atoms with van der Waals surface area (Å²) in [6.45, 7) is 5.20. The second kappa shape index (κ2) is 6.25. The molecule has 0 aliphatic heterocycles. The highest BCUT2D eigenvalue weighted by Gasteiger charge is 2.24. The molecule has 1 heterocycles. The normalized spacial score (nSPS) is 12.8. The van der Waals surface area contributed by atoms with Gasteiger partial charge >= 0.3 is 12.1 Å². The van der Waals surface area contributed by atoms with Crippen LogP contribution in [-0.2, 0) is 9.53 Å². The molecule has 0 aromatic carbocycles. The predicted molar refractivity (Wildman–Crippen MR) is 73.7 cm³/mol. The van der Waals surface area contributed by atoms with E-state index in [1.54, 1.807) is 32.2 Å². The SMILES string of the molecule is CC(C)(C)OC(=O)NC(CC(=O)O)c1ccsc1Cl. The van der Waals surface area contributed by atoms with E-state index >= 15 is 0 Å². The predicted octanol–water partition coefficient (Wildman–Crippen LogP) is 3.44. The Hall–Kier alpha value is -1.27. The number of hydrogen-bond acceptors (Lipinski definition) is 4. The zero-order chi connectivity index (χ0) is 14.6. The molecule has 5 nitrogen and oxygen atoms in total. The van der Waals surface area contributed by atoms with Gasteiger partial charge in [0.25, 0.3) is 0 Å². The Morgan fingerprint density at radius 1 is 1.53 bits per heavy atom. The molecule has 0 aliphatic rings. The molecule has 1 aromatic rings. The Kier molecular flexibility index (Phi) is 5.20. The molecule has 2 N–H and O–H groups in total. The number of amides is 1. The number of nitrogens with one attached hydrogen (secondary N) is 1. The molecule has 1 atom stereocenters. The molecular weight excluding hydrogens is 290 g/mol. The molecule has 0 saturated heterocycles. The van der Waals surface area contributed by atoms with Gasteiger partial charge < -0.3 is 15.2 Å². The van der Waals surface area contributed by atoms with Crippen LogP contribution in [-0.4, -0.2) is 22.8 Å². The van der Waals surface area contributed by atoms with Crippen molar-refractivity contribution >= 4 is 35.0 Å². The first-order valence-corrected chi connectivity index (χ1v) is 6.89. The summed E-state index contributed by atoms with van der Waals surface area (Å²) in [5.41, 5.74) is -0.0593. The average molecular weight is 306 g/mol. The highest BCUT2D eigenvalue weighted by molar-refractivity contribution is 7.14. The monoisotopic (exact) mass is 305 g/mol. The van der Waals surface area contributed by atoms with Crippen LogP contribution in [0.5, 0.6) is 0 Å². The number of carbonyl (C=O) groups is 2. The summed E-state index contributed by atoms with van der Waals surface area (Å²) in [4.78, 5) is 22.5. The van der Waals surface area contributed by atoms with Crippen LogP contribution in [0.15, 0.2) is 11.4 Å². The molecule has 0 spiro atoms. The number of hydrogen-bond donors (Lipinski definition) is 2. The molecule has 0 fully saturated rings. The lowest BCUT2D eigenvalue weighted by Gasteiger charge is -2.22. The van der Waals surface area contributed by atoms with Crippen LogP contribution in [0.3, 0.4) is 0 Å². The molecule has 19 heavy (non-hydrogen) atoms. The third-order valence-electron chi connectivity index (χ3n) is 2.09. The summed E-state index contributed by atoms with van der Waals surface area (Å²) in [7, 11) is 0. The van der Waals surface area contributed by atoms with Crippen LogP contribution in [0.25, 0.3) is 0 Å². The fraction of sp³-hybridized carbons (Fsp3) is 0.500. The number of ether oxygens (including phenoxy) is 1. The average Bonchev–Trinajstić information content (AvgIpc) is 2.59. The summed E-state index contributed by atoms with van der Waals surface area (Å²) >= 11 is 7.25. The Balaban J connectivity index is 2.79. The van der Waals surface area contributed by atoms with Crippen molar-refractivity contribution in [2.24, 2.45) is 0 Å². The van der Waals surface area contributed by atoms with Crippen molar-refractivity contribution in [1.29, 1.82) is 0 Å². The van der Waals surface area contributed by atoms with Crippen LogP contribution < -0.4 is 5.32 Å². The van der Waals surface area contributed by atoms with Crippen LogP contribution in [0.4, 0.5) is 4.79 Å². The van der Waals surface area contributed by atoms with Crippen molar-refractivity contribution in [3.8, 4) is 0 Å². The Bertz CT molecular complexity index is 467. The van der Waals surface area contributed by atoms with Crippen molar-refractivity contribution in [1.82, 2.24) is 5.32 Å². The van der Waals surface area contributed by atoms with Crippen LogP contribution in [0, 0.1) is 0 Å². The summed E-state index contributed by atoms with van der Waals surface area (Å²) < 4.78 is 5.57. The third-order valence-corrected chi connectivity index (χ3v) is 3.29. The molecule has 106 valence electrons. The minimum absolute atomic E-state index is 0.254. The van der Waals surface area contributed by atoms with Gasteiger partial charge in [-0.3, -0.25) is 4.79 Å². The third kappa shape index (κ3) is 5.48. The highest BCUT2D eigenvalue weighted by Crippen LogP contribution is 2.30. The van der Waals surface area contributed by atoms with Gasteiger partial charge in [-0.25, -0.2) is 4.79 Å². The Labute approximate surface area is 120 Å². The first-order valence-electron chi connectivity index (χ1n) is 5.63. The zero-order valence-corrected chi connectivity index (χ0v) is 12.5. The molecule has 0 bridgehead atoms.